The summed E-state index contributed by atoms with van der Waals surface area (Å²) in [6, 6.07) is 0. The molecule has 1 rings (SSSR count). The molecule has 0 spiro atoms. The highest BCUT2D eigenvalue weighted by Gasteiger charge is 1.93. The molecule has 36 valence electrons. The molecule has 1 N–H and O–H groups in total. The van der Waals surface area contributed by atoms with Crippen molar-refractivity contribution in [3.8, 4) is 0 Å². The van der Waals surface area contributed by atoms with Crippen LogP contribution >= 0.6 is 11.9 Å². The van der Waals surface area contributed by atoms with E-state index in [2.05, 4.69) is 4.72 Å². The Hall–Kier alpha value is 0.270. The van der Waals surface area contributed by atoms with Gasteiger partial charge in [0.2, 0.25) is 0 Å². The van der Waals surface area contributed by atoms with E-state index in [0.29, 0.717) is 6.73 Å². The van der Waals surface area contributed by atoms with Gasteiger partial charge in [-0.3, -0.25) is 0 Å². The molecule has 0 bridgehead atoms. The van der Waals surface area contributed by atoms with E-state index in [1.807, 2.05) is 0 Å². The highest BCUT2D eigenvalue weighted by atomic mass is 32.2. The largest absolute Gasteiger partial charge is 0.365 e. The molecule has 1 aliphatic heterocycles. The zero-order valence-corrected chi connectivity index (χ0v) is 4.25. The van der Waals surface area contributed by atoms with Crippen LogP contribution in [0.15, 0.2) is 0 Å². The van der Waals surface area contributed by atoms with Crippen molar-refractivity contribution in [1.82, 2.24) is 4.72 Å². The Morgan fingerprint density at radius 3 is 2.83 bits per heavy atom. The van der Waals surface area contributed by atoms with Gasteiger partial charge in [-0.2, -0.15) is 0 Å². The van der Waals surface area contributed by atoms with Crippen molar-refractivity contribution in [2.24, 2.45) is 0 Å². The number of rotatable bonds is 0. The highest BCUT2D eigenvalue weighted by molar-refractivity contribution is 7.97. The minimum absolute atomic E-state index is 0.713. The van der Waals surface area contributed by atoms with Crippen LogP contribution in [0.5, 0.6) is 0 Å². The number of ether oxygens (including phenoxy) is 1. The summed E-state index contributed by atoms with van der Waals surface area (Å²) in [6.45, 7) is 1.61. The molecule has 0 saturated carbocycles. The fourth-order valence-corrected chi connectivity index (χ4v) is 0.840. The molecule has 0 unspecified atom stereocenters. The van der Waals surface area contributed by atoms with Crippen LogP contribution in [0.25, 0.3) is 0 Å². The van der Waals surface area contributed by atoms with Gasteiger partial charge < -0.3 is 4.74 Å². The number of nitrogens with one attached hydrogen (secondary N) is 1. The van der Waals surface area contributed by atoms with Gasteiger partial charge in [-0.25, -0.2) is 4.72 Å². The zero-order chi connectivity index (χ0) is 4.24. The highest BCUT2D eigenvalue weighted by Crippen LogP contribution is 1.96. The van der Waals surface area contributed by atoms with E-state index in [-0.39, 0.29) is 0 Å². The minimum atomic E-state index is 0.713. The minimum Gasteiger partial charge on any atom is -0.365 e. The average Bonchev–Trinajstić information content (AvgIpc) is 1.72. The topological polar surface area (TPSA) is 21.3 Å². The second-order valence-corrected chi connectivity index (χ2v) is 2.03. The Bertz CT molecular complexity index is 26.3. The second-order valence-electron chi connectivity index (χ2n) is 1.05. The molecule has 0 radical (unpaired) electrons. The van der Waals surface area contributed by atoms with Gasteiger partial charge in [0.05, 0.1) is 6.61 Å². The van der Waals surface area contributed by atoms with Gasteiger partial charge in [-0.15, -0.1) is 0 Å². The molecule has 2 nitrogen and oxygen atoms in total. The van der Waals surface area contributed by atoms with Crippen molar-refractivity contribution in [2.75, 3.05) is 19.1 Å². The lowest BCUT2D eigenvalue weighted by Crippen LogP contribution is -2.18. The van der Waals surface area contributed by atoms with E-state index >= 15 is 0 Å². The Labute approximate surface area is 41.4 Å². The Kier molecular flexibility index (Phi) is 1.80. The van der Waals surface area contributed by atoms with E-state index in [1.54, 1.807) is 11.9 Å². The molecule has 1 fully saturated rings. The lowest BCUT2D eigenvalue weighted by Gasteiger charge is -2.09. The molecule has 1 saturated heterocycles. The van der Waals surface area contributed by atoms with Gasteiger partial charge in [-0.05, 0) is 0 Å². The van der Waals surface area contributed by atoms with Gasteiger partial charge in [0.1, 0.15) is 6.73 Å². The van der Waals surface area contributed by atoms with Crippen LogP contribution in [0.4, 0.5) is 0 Å². The lowest BCUT2D eigenvalue weighted by molar-refractivity contribution is 0.140. The van der Waals surface area contributed by atoms with Crippen molar-refractivity contribution in [3.05, 3.63) is 0 Å². The fraction of sp³-hybridized carbons (Fsp3) is 1.00. The predicted molar refractivity (Wildman–Crippen MR) is 26.4 cm³/mol. The Morgan fingerprint density at radius 2 is 2.67 bits per heavy atom. The third-order valence-corrected chi connectivity index (χ3v) is 1.29. The Balaban J connectivity index is 2.00. The van der Waals surface area contributed by atoms with Gasteiger partial charge in [0, 0.05) is 5.75 Å². The summed E-state index contributed by atoms with van der Waals surface area (Å²) < 4.78 is 7.92. The summed E-state index contributed by atoms with van der Waals surface area (Å²) in [5.74, 6) is 1.08. The summed E-state index contributed by atoms with van der Waals surface area (Å²) in [4.78, 5) is 0. The van der Waals surface area contributed by atoms with Crippen LogP contribution in [-0.4, -0.2) is 19.1 Å². The molecular formula is C3H7NOS. The van der Waals surface area contributed by atoms with Crippen LogP contribution in [0.2, 0.25) is 0 Å². The van der Waals surface area contributed by atoms with Crippen molar-refractivity contribution in [2.45, 2.75) is 0 Å². The third kappa shape index (κ3) is 1.16. The molecule has 1 aliphatic rings. The van der Waals surface area contributed by atoms with E-state index in [0.717, 1.165) is 12.4 Å². The lowest BCUT2D eigenvalue weighted by atomic mass is 10.9. The van der Waals surface area contributed by atoms with Crippen molar-refractivity contribution in [1.29, 1.82) is 0 Å². The first-order valence-electron chi connectivity index (χ1n) is 1.92. The maximum absolute atomic E-state index is 4.94. The van der Waals surface area contributed by atoms with Crippen molar-refractivity contribution < 1.29 is 4.74 Å². The molecular weight excluding hydrogens is 98.1 g/mol. The van der Waals surface area contributed by atoms with Gasteiger partial charge in [-0.1, -0.05) is 11.9 Å². The molecule has 0 atom stereocenters. The molecule has 0 aromatic rings. The molecule has 0 aromatic carbocycles. The number of hydrogen-bond donors (Lipinski definition) is 1. The standard InChI is InChI=1S/C3H7NOS/c1-2-6-4-3-5-1/h4H,1-3H2. The summed E-state index contributed by atoms with van der Waals surface area (Å²) >= 11 is 1.72. The molecule has 1 heterocycles. The maximum atomic E-state index is 4.94. The van der Waals surface area contributed by atoms with Crippen LogP contribution in [0.3, 0.4) is 0 Å². The van der Waals surface area contributed by atoms with Crippen LogP contribution in [0.1, 0.15) is 0 Å². The monoisotopic (exact) mass is 105 g/mol. The van der Waals surface area contributed by atoms with Crippen LogP contribution in [-0.2, 0) is 4.74 Å². The van der Waals surface area contributed by atoms with Crippen LogP contribution in [0, 0.1) is 0 Å². The van der Waals surface area contributed by atoms with Gasteiger partial charge in [0.25, 0.3) is 0 Å². The third-order valence-electron chi connectivity index (χ3n) is 0.593. The zero-order valence-electron chi connectivity index (χ0n) is 3.44. The van der Waals surface area contributed by atoms with E-state index < -0.39 is 0 Å². The molecule has 0 aliphatic carbocycles. The van der Waals surface area contributed by atoms with Crippen LogP contribution < -0.4 is 4.72 Å². The molecule has 0 aromatic heterocycles. The fourth-order valence-electron chi connectivity index (χ4n) is 0.328. The van der Waals surface area contributed by atoms with E-state index in [9.17, 15) is 0 Å². The smallest absolute Gasteiger partial charge is 0.105 e. The Morgan fingerprint density at radius 1 is 1.67 bits per heavy atom. The predicted octanol–water partition coefficient (Wildman–Crippen LogP) is 0.212. The SMILES string of the molecule is C1CSNCO1. The summed E-state index contributed by atoms with van der Waals surface area (Å²) in [6.07, 6.45) is 0. The summed E-state index contributed by atoms with van der Waals surface area (Å²) in [5.41, 5.74) is 0. The van der Waals surface area contributed by atoms with E-state index in [1.165, 1.54) is 0 Å². The number of hydrogen-bond acceptors (Lipinski definition) is 3. The second kappa shape index (κ2) is 2.44. The van der Waals surface area contributed by atoms with Gasteiger partial charge >= 0.3 is 0 Å². The summed E-state index contributed by atoms with van der Waals surface area (Å²) in [7, 11) is 0. The normalized spacial score (nSPS) is 24.0. The average molecular weight is 105 g/mol. The quantitative estimate of drug-likeness (QED) is 0.445. The van der Waals surface area contributed by atoms with Crippen molar-refractivity contribution >= 4 is 11.9 Å². The van der Waals surface area contributed by atoms with E-state index in [4.69, 9.17) is 4.74 Å². The first-order valence-corrected chi connectivity index (χ1v) is 2.91. The van der Waals surface area contributed by atoms with Gasteiger partial charge in [0.15, 0.2) is 0 Å². The molecule has 0 amide bonds. The summed E-state index contributed by atoms with van der Waals surface area (Å²) in [5, 5.41) is 0. The first kappa shape index (κ1) is 4.43. The first-order chi connectivity index (χ1) is 3.00. The maximum Gasteiger partial charge on any atom is 0.105 e. The molecule has 3 heteroatoms. The molecule has 6 heavy (non-hydrogen) atoms. The van der Waals surface area contributed by atoms with Crippen molar-refractivity contribution in [3.63, 3.8) is 0 Å².